The molecule has 2 amide bonds. The van der Waals surface area contributed by atoms with Gasteiger partial charge in [0.2, 0.25) is 5.71 Å². The first-order valence-corrected chi connectivity index (χ1v) is 9.81. The molecule has 2 aromatic heterocycles. The second-order valence-electron chi connectivity index (χ2n) is 7.02. The predicted molar refractivity (Wildman–Crippen MR) is 107 cm³/mol. The van der Waals surface area contributed by atoms with E-state index in [0.717, 1.165) is 12.1 Å². The Balaban J connectivity index is 1.44. The van der Waals surface area contributed by atoms with Crippen molar-refractivity contribution in [3.8, 4) is 5.88 Å². The summed E-state index contributed by atoms with van der Waals surface area (Å²) in [6.45, 7) is 2.97. The number of urea groups is 1. The van der Waals surface area contributed by atoms with Crippen molar-refractivity contribution < 1.29 is 31.5 Å². The monoisotopic (exact) mass is 453 g/mol. The Morgan fingerprint density at radius 2 is 1.94 bits per heavy atom. The molecule has 0 aliphatic carbocycles. The van der Waals surface area contributed by atoms with Crippen LogP contribution in [0.3, 0.4) is 0 Å². The number of anilines is 2. The Kier molecular flexibility index (Phi) is 5.76. The molecule has 1 aliphatic rings. The fraction of sp³-hybridized carbons (Fsp3) is 0.350. The van der Waals surface area contributed by atoms with Crippen LogP contribution < -0.4 is 15.0 Å². The maximum atomic E-state index is 13.7. The van der Waals surface area contributed by atoms with Gasteiger partial charge >= 0.3 is 12.2 Å². The largest absolute Gasteiger partial charge is 0.475 e. The Morgan fingerprint density at radius 3 is 2.62 bits per heavy atom. The van der Waals surface area contributed by atoms with Gasteiger partial charge in [0.05, 0.1) is 18.4 Å². The quantitative estimate of drug-likeness (QED) is 0.598. The number of carbonyl (C=O) groups excluding carboxylic acids is 1. The van der Waals surface area contributed by atoms with Crippen molar-refractivity contribution in [2.75, 3.05) is 43.0 Å². The van der Waals surface area contributed by atoms with Gasteiger partial charge in [-0.05, 0) is 25.1 Å². The van der Waals surface area contributed by atoms with Gasteiger partial charge in [-0.3, -0.25) is 5.32 Å². The van der Waals surface area contributed by atoms with E-state index in [9.17, 15) is 22.4 Å². The van der Waals surface area contributed by atoms with Crippen molar-refractivity contribution in [1.29, 1.82) is 0 Å². The second kappa shape index (κ2) is 8.52. The number of alkyl halides is 3. The number of piperazine rings is 1. The van der Waals surface area contributed by atoms with Crippen LogP contribution in [0.2, 0.25) is 0 Å². The number of rotatable bonds is 4. The van der Waals surface area contributed by atoms with E-state index < -0.39 is 23.6 Å². The van der Waals surface area contributed by atoms with E-state index in [4.69, 9.17) is 9.15 Å². The first-order chi connectivity index (χ1) is 15.2. The van der Waals surface area contributed by atoms with Crippen LogP contribution in [0.1, 0.15) is 12.5 Å². The zero-order valence-corrected chi connectivity index (χ0v) is 16.9. The van der Waals surface area contributed by atoms with Crippen LogP contribution in [0.5, 0.6) is 5.88 Å². The first kappa shape index (κ1) is 21.7. The van der Waals surface area contributed by atoms with Crippen molar-refractivity contribution >= 4 is 28.8 Å². The highest BCUT2D eigenvalue weighted by Crippen LogP contribution is 2.33. The summed E-state index contributed by atoms with van der Waals surface area (Å²) in [4.78, 5) is 24.3. The third-order valence-corrected chi connectivity index (χ3v) is 4.91. The number of amides is 2. The van der Waals surface area contributed by atoms with Gasteiger partial charge in [-0.25, -0.2) is 14.2 Å². The SMILES string of the molecule is CCOc1nc2occc2nc1NC(=O)N1CCN(c2cc(F)cc(C(F)(F)F)c2)CC1. The van der Waals surface area contributed by atoms with E-state index in [1.165, 1.54) is 11.2 Å². The Labute approximate surface area is 179 Å². The molecule has 4 rings (SSSR count). The molecule has 1 saturated heterocycles. The third-order valence-electron chi connectivity index (χ3n) is 4.91. The molecular formula is C20H19F4N5O3. The van der Waals surface area contributed by atoms with E-state index in [1.807, 2.05) is 0 Å². The number of nitrogens with zero attached hydrogens (tertiary/aromatic N) is 4. The van der Waals surface area contributed by atoms with E-state index in [1.54, 1.807) is 17.9 Å². The number of nitrogens with one attached hydrogen (secondary N) is 1. The van der Waals surface area contributed by atoms with Crippen LogP contribution in [-0.4, -0.2) is 53.7 Å². The lowest BCUT2D eigenvalue weighted by Crippen LogP contribution is -2.50. The van der Waals surface area contributed by atoms with Gasteiger partial charge in [-0.15, -0.1) is 0 Å². The van der Waals surface area contributed by atoms with Crippen molar-refractivity contribution in [2.24, 2.45) is 0 Å². The van der Waals surface area contributed by atoms with Crippen LogP contribution in [0.25, 0.3) is 11.2 Å². The number of fused-ring (bicyclic) bond motifs is 1. The molecule has 1 aliphatic heterocycles. The number of ether oxygens (including phenoxy) is 1. The Morgan fingerprint density at radius 1 is 1.19 bits per heavy atom. The number of hydrogen-bond acceptors (Lipinski definition) is 6. The number of aromatic nitrogens is 2. The molecule has 32 heavy (non-hydrogen) atoms. The van der Waals surface area contributed by atoms with E-state index in [0.29, 0.717) is 18.2 Å². The average molecular weight is 453 g/mol. The maximum absolute atomic E-state index is 13.7. The van der Waals surface area contributed by atoms with Crippen LogP contribution in [-0.2, 0) is 6.18 Å². The minimum Gasteiger partial charge on any atom is -0.475 e. The maximum Gasteiger partial charge on any atom is 0.416 e. The standard InChI is InChI=1S/C20H19F4N5O3/c1-2-31-18-16(25-15-3-8-32-17(15)27-18)26-19(30)29-6-4-28(5-7-29)14-10-12(20(22,23)24)9-13(21)11-14/h3,8-11H,2,4-7H2,1H3,(H,25,26,30). The van der Waals surface area contributed by atoms with Gasteiger partial charge in [-0.1, -0.05) is 0 Å². The highest BCUT2D eigenvalue weighted by molar-refractivity contribution is 5.90. The number of hydrogen-bond donors (Lipinski definition) is 1. The number of carbonyl (C=O) groups is 1. The zero-order chi connectivity index (χ0) is 22.9. The normalized spacial score (nSPS) is 14.7. The predicted octanol–water partition coefficient (Wildman–Crippen LogP) is 4.13. The summed E-state index contributed by atoms with van der Waals surface area (Å²) in [6, 6.07) is 3.55. The van der Waals surface area contributed by atoms with Crippen LogP contribution >= 0.6 is 0 Å². The summed E-state index contributed by atoms with van der Waals surface area (Å²) in [5.74, 6) is -0.721. The number of benzene rings is 1. The van der Waals surface area contributed by atoms with Gasteiger partial charge in [-0.2, -0.15) is 18.2 Å². The molecule has 3 heterocycles. The molecule has 12 heteroatoms. The molecule has 0 atom stereocenters. The highest BCUT2D eigenvalue weighted by Gasteiger charge is 2.32. The fourth-order valence-electron chi connectivity index (χ4n) is 3.36. The Bertz CT molecular complexity index is 1130. The van der Waals surface area contributed by atoms with Gasteiger partial charge in [0.25, 0.3) is 5.88 Å². The van der Waals surface area contributed by atoms with Crippen molar-refractivity contribution in [3.63, 3.8) is 0 Å². The molecule has 3 aromatic rings. The summed E-state index contributed by atoms with van der Waals surface area (Å²) in [7, 11) is 0. The lowest BCUT2D eigenvalue weighted by atomic mass is 10.1. The fourth-order valence-corrected chi connectivity index (χ4v) is 3.36. The smallest absolute Gasteiger partial charge is 0.416 e. The molecule has 1 aromatic carbocycles. The summed E-state index contributed by atoms with van der Waals surface area (Å²) in [6.07, 6.45) is -3.23. The van der Waals surface area contributed by atoms with Crippen molar-refractivity contribution in [1.82, 2.24) is 14.9 Å². The average Bonchev–Trinajstić information content (AvgIpc) is 3.20. The van der Waals surface area contributed by atoms with E-state index in [2.05, 4.69) is 15.3 Å². The first-order valence-electron chi connectivity index (χ1n) is 9.81. The van der Waals surface area contributed by atoms with Gasteiger partial charge in [0.1, 0.15) is 11.3 Å². The minimum atomic E-state index is -4.64. The van der Waals surface area contributed by atoms with Crippen LogP contribution in [0, 0.1) is 5.82 Å². The van der Waals surface area contributed by atoms with Crippen molar-refractivity contribution in [2.45, 2.75) is 13.1 Å². The van der Waals surface area contributed by atoms with Gasteiger partial charge in [0, 0.05) is 37.9 Å². The Hall–Kier alpha value is -3.57. The minimum absolute atomic E-state index is 0.112. The number of furan rings is 1. The molecule has 1 fully saturated rings. The molecule has 0 spiro atoms. The highest BCUT2D eigenvalue weighted by atomic mass is 19.4. The van der Waals surface area contributed by atoms with Gasteiger partial charge in [0.15, 0.2) is 5.82 Å². The molecule has 170 valence electrons. The topological polar surface area (TPSA) is 83.7 Å². The third kappa shape index (κ3) is 4.53. The van der Waals surface area contributed by atoms with Crippen LogP contribution in [0.15, 0.2) is 34.9 Å². The molecule has 0 radical (unpaired) electrons. The zero-order valence-electron chi connectivity index (χ0n) is 16.9. The van der Waals surface area contributed by atoms with Crippen molar-refractivity contribution in [3.05, 3.63) is 41.9 Å². The molecule has 1 N–H and O–H groups in total. The number of halogens is 4. The summed E-state index contributed by atoms with van der Waals surface area (Å²) in [5, 5.41) is 2.66. The molecule has 0 unspecified atom stereocenters. The molecule has 8 nitrogen and oxygen atoms in total. The summed E-state index contributed by atoms with van der Waals surface area (Å²) < 4.78 is 63.3. The van der Waals surface area contributed by atoms with E-state index >= 15 is 0 Å². The van der Waals surface area contributed by atoms with Gasteiger partial charge < -0.3 is 19.0 Å². The lowest BCUT2D eigenvalue weighted by Gasteiger charge is -2.36. The summed E-state index contributed by atoms with van der Waals surface area (Å²) in [5.41, 5.74) is -0.217. The summed E-state index contributed by atoms with van der Waals surface area (Å²) >= 11 is 0. The van der Waals surface area contributed by atoms with Crippen LogP contribution in [0.4, 0.5) is 33.9 Å². The van der Waals surface area contributed by atoms with E-state index in [-0.39, 0.29) is 49.3 Å². The molecule has 0 saturated carbocycles. The second-order valence-corrected chi connectivity index (χ2v) is 7.02. The molecular weight excluding hydrogens is 434 g/mol. The lowest BCUT2D eigenvalue weighted by molar-refractivity contribution is -0.137. The molecule has 0 bridgehead atoms.